The van der Waals surface area contributed by atoms with Crippen molar-refractivity contribution in [2.45, 2.75) is 115 Å². The van der Waals surface area contributed by atoms with Gasteiger partial charge >= 0.3 is 11.9 Å². The van der Waals surface area contributed by atoms with Crippen LogP contribution in [0.25, 0.3) is 0 Å². The smallest absolute Gasteiger partial charge is 0.333 e. The van der Waals surface area contributed by atoms with Gasteiger partial charge in [-0.3, -0.25) is 13.8 Å². The molecule has 4 rings (SSSR count). The summed E-state index contributed by atoms with van der Waals surface area (Å²) < 4.78 is 32.6. The van der Waals surface area contributed by atoms with Crippen molar-refractivity contribution >= 4 is 52.0 Å². The molecule has 0 N–H and O–H groups in total. The summed E-state index contributed by atoms with van der Waals surface area (Å²) in [6, 6.07) is 5.31. The highest BCUT2D eigenvalue weighted by atomic mass is 35.5. The number of benzene rings is 1. The number of alkyl halides is 1. The molecule has 9 nitrogen and oxygen atoms in total. The number of β-lactam (4-membered cyclic amide) rings is 1. The van der Waals surface area contributed by atoms with E-state index in [0.29, 0.717) is 6.79 Å². The normalized spacial score (nSPS) is 22.4. The van der Waals surface area contributed by atoms with Gasteiger partial charge in [0.2, 0.25) is 19.5 Å². The molecule has 1 aromatic rings. The Balaban J connectivity index is 0.000000246. The first-order chi connectivity index (χ1) is 21.2. The Morgan fingerprint density at radius 3 is 2.44 bits per heavy atom. The van der Waals surface area contributed by atoms with Crippen LogP contribution in [0.1, 0.15) is 92.6 Å². The van der Waals surface area contributed by atoms with Crippen LogP contribution < -0.4 is 9.47 Å². The zero-order valence-corrected chi connectivity index (χ0v) is 30.1. The number of thioether (sulfide) groups is 1. The van der Waals surface area contributed by atoms with E-state index in [1.165, 1.54) is 42.6 Å². The Bertz CT molecular complexity index is 1200. The van der Waals surface area contributed by atoms with Gasteiger partial charge in [-0.1, -0.05) is 52.0 Å². The van der Waals surface area contributed by atoms with Crippen molar-refractivity contribution in [1.29, 1.82) is 0 Å². The number of halogens is 1. The zero-order chi connectivity index (χ0) is 33.4. The molecule has 2 unspecified atom stereocenters. The first-order valence-electron chi connectivity index (χ1n) is 15.9. The maximum absolute atomic E-state index is 12.4. The molecule has 3 heterocycles. The van der Waals surface area contributed by atoms with E-state index in [9.17, 15) is 18.6 Å². The summed E-state index contributed by atoms with van der Waals surface area (Å²) in [5.41, 5.74) is 0.508. The first-order valence-corrected chi connectivity index (χ1v) is 18.7. The minimum absolute atomic E-state index is 0.0929. The van der Waals surface area contributed by atoms with Crippen molar-refractivity contribution in [2.75, 3.05) is 25.2 Å². The van der Waals surface area contributed by atoms with Crippen LogP contribution in [0.15, 0.2) is 18.2 Å². The Kier molecular flexibility index (Phi) is 13.9. The summed E-state index contributed by atoms with van der Waals surface area (Å²) in [4.78, 5) is 37.7. The maximum atomic E-state index is 12.4. The summed E-state index contributed by atoms with van der Waals surface area (Å²) in [6.07, 6.45) is 8.32. The fraction of sp³-hybridized carbons (Fsp3) is 0.727. The van der Waals surface area contributed by atoms with E-state index in [4.69, 9.17) is 30.5 Å². The number of esters is 2. The number of carbonyl (C=O) groups is 3. The number of nitrogens with zero attached hydrogens (tertiary/aromatic N) is 1. The Labute approximate surface area is 280 Å². The first kappa shape index (κ1) is 37.5. The number of rotatable bonds is 14. The number of fused-ring (bicyclic) bond motifs is 2. The number of hydrogen-bond donors (Lipinski definition) is 0. The summed E-state index contributed by atoms with van der Waals surface area (Å²) in [5, 5.41) is 0.0979. The predicted octanol–water partition coefficient (Wildman–Crippen LogP) is 6.45. The molecule has 5 atom stereocenters. The van der Waals surface area contributed by atoms with Crippen LogP contribution in [0.3, 0.4) is 0 Å². The van der Waals surface area contributed by atoms with Gasteiger partial charge in [-0.05, 0) is 65.2 Å². The minimum Gasteiger partial charge on any atom is -0.454 e. The van der Waals surface area contributed by atoms with Crippen LogP contribution in [0, 0.1) is 11.3 Å². The molecule has 45 heavy (non-hydrogen) atoms. The average molecular weight is 688 g/mol. The fourth-order valence-corrected chi connectivity index (χ4v) is 8.72. The molecule has 0 aromatic heterocycles. The van der Waals surface area contributed by atoms with Gasteiger partial charge in [0.05, 0.1) is 16.7 Å². The third kappa shape index (κ3) is 10.0. The van der Waals surface area contributed by atoms with Gasteiger partial charge < -0.3 is 23.8 Å². The van der Waals surface area contributed by atoms with Crippen molar-refractivity contribution in [1.82, 2.24) is 4.90 Å². The van der Waals surface area contributed by atoms with Crippen LogP contribution in [0.4, 0.5) is 0 Å². The van der Waals surface area contributed by atoms with Crippen molar-refractivity contribution in [3.05, 3.63) is 23.8 Å². The Morgan fingerprint density at radius 2 is 1.78 bits per heavy atom. The second kappa shape index (κ2) is 16.7. The molecule has 1 aromatic carbocycles. The molecule has 0 saturated carbocycles. The van der Waals surface area contributed by atoms with Crippen LogP contribution >= 0.6 is 23.4 Å². The lowest BCUT2D eigenvalue weighted by molar-refractivity contribution is -0.180. The number of carbonyl (C=O) groups excluding carboxylic acids is 3. The van der Waals surface area contributed by atoms with Gasteiger partial charge in [0.25, 0.3) is 0 Å². The van der Waals surface area contributed by atoms with Crippen LogP contribution in [-0.2, 0) is 41.1 Å². The number of hydrogen-bond acceptors (Lipinski definition) is 9. The predicted molar refractivity (Wildman–Crippen MR) is 179 cm³/mol. The van der Waals surface area contributed by atoms with Crippen LogP contribution in [-0.4, -0.2) is 73.6 Å². The topological polar surface area (TPSA) is 108 Å². The average Bonchev–Trinajstić information content (AvgIpc) is 3.54. The molecule has 3 aliphatic heterocycles. The van der Waals surface area contributed by atoms with Gasteiger partial charge in [-0.15, -0.1) is 23.4 Å². The van der Waals surface area contributed by atoms with Gasteiger partial charge in [0.15, 0.2) is 11.5 Å². The lowest BCUT2D eigenvalue weighted by Crippen LogP contribution is -2.63. The second-order valence-electron chi connectivity index (χ2n) is 13.3. The van der Waals surface area contributed by atoms with E-state index in [-0.39, 0.29) is 28.3 Å². The molecule has 12 heteroatoms. The molecular weight excluding hydrogens is 638 g/mol. The van der Waals surface area contributed by atoms with Crippen molar-refractivity contribution in [3.8, 4) is 11.5 Å². The van der Waals surface area contributed by atoms with Gasteiger partial charge in [0, 0.05) is 32.4 Å². The van der Waals surface area contributed by atoms with E-state index in [1.807, 2.05) is 32.0 Å². The van der Waals surface area contributed by atoms with Gasteiger partial charge in [0.1, 0.15) is 6.04 Å². The fourth-order valence-electron chi connectivity index (χ4n) is 5.37. The number of ether oxygens (including phenoxy) is 4. The summed E-state index contributed by atoms with van der Waals surface area (Å²) in [6.45, 7) is 13.1. The maximum Gasteiger partial charge on any atom is 0.333 e. The van der Waals surface area contributed by atoms with Gasteiger partial charge in [-0.25, -0.2) is 4.79 Å². The van der Waals surface area contributed by atoms with Crippen LogP contribution in [0.5, 0.6) is 11.5 Å². The quantitative estimate of drug-likeness (QED) is 0.0717. The monoisotopic (exact) mass is 687 g/mol. The summed E-state index contributed by atoms with van der Waals surface area (Å²) in [5.74, 6) is 1.30. The summed E-state index contributed by atoms with van der Waals surface area (Å²) >= 11 is 7.36. The highest BCUT2D eigenvalue weighted by Crippen LogP contribution is 2.53. The molecular formula is C33H50ClNO8S2. The largest absolute Gasteiger partial charge is 0.454 e. The molecule has 2 fully saturated rings. The lowest BCUT2D eigenvalue weighted by Gasteiger charge is -2.43. The van der Waals surface area contributed by atoms with Crippen molar-refractivity contribution < 1.29 is 37.5 Å². The third-order valence-corrected chi connectivity index (χ3v) is 11.8. The third-order valence-electron chi connectivity index (χ3n) is 8.05. The highest BCUT2D eigenvalue weighted by Gasteiger charge is 2.63. The SMILES string of the molecule is CC(C)(C)C(=O)OCOC(=O)[C@@H]1N2C(=O)[C@H](CCl)[C@H]2SC1(C)C.CCCCCCCCS(=O)C(C)Cc1ccc2c(c1)OCO2. The van der Waals surface area contributed by atoms with Gasteiger partial charge in [-0.2, -0.15) is 0 Å². The van der Waals surface area contributed by atoms with E-state index >= 15 is 0 Å². The molecule has 2 saturated heterocycles. The van der Waals surface area contributed by atoms with E-state index in [0.717, 1.165) is 30.1 Å². The summed E-state index contributed by atoms with van der Waals surface area (Å²) in [7, 11) is -0.743. The lowest BCUT2D eigenvalue weighted by atomic mass is 9.93. The molecule has 0 spiro atoms. The number of unbranched alkanes of at least 4 members (excludes halogenated alkanes) is 5. The molecule has 0 bridgehead atoms. The minimum atomic E-state index is -0.743. The molecule has 3 aliphatic rings. The highest BCUT2D eigenvalue weighted by molar-refractivity contribution is 8.01. The van der Waals surface area contributed by atoms with Crippen LogP contribution in [0.2, 0.25) is 0 Å². The standard InChI is InChI=1S/C18H28O3S.C15H22ClNO5S/c1-3-4-5-6-7-8-11-22(19)15(2)12-16-9-10-17-18(13-16)21-14-20-17;1-14(2,3)13(20)22-7-21-12(19)9-15(4,5)23-11-8(6-16)10(18)17(9)11/h9-10,13,15H,3-8,11-12,14H2,1-2H3;8-9,11H,6-7H2,1-5H3/t;8-,9-,11+/m.0/s1. The zero-order valence-electron chi connectivity index (χ0n) is 27.7. The number of amides is 1. The van der Waals surface area contributed by atoms with E-state index in [2.05, 4.69) is 13.8 Å². The van der Waals surface area contributed by atoms with E-state index in [1.54, 1.807) is 32.5 Å². The molecule has 0 radical (unpaired) electrons. The Morgan fingerprint density at radius 1 is 1.11 bits per heavy atom. The Hall–Kier alpha value is -1.98. The van der Waals surface area contributed by atoms with E-state index < -0.39 is 45.7 Å². The second-order valence-corrected chi connectivity index (χ2v) is 17.4. The molecule has 1 amide bonds. The molecule has 254 valence electrons. The van der Waals surface area contributed by atoms with Crippen molar-refractivity contribution in [3.63, 3.8) is 0 Å². The van der Waals surface area contributed by atoms with Crippen molar-refractivity contribution in [2.24, 2.45) is 11.3 Å². The molecule has 0 aliphatic carbocycles.